The summed E-state index contributed by atoms with van der Waals surface area (Å²) in [5, 5.41) is 3.16. The fourth-order valence-electron chi connectivity index (χ4n) is 2.26. The van der Waals surface area contributed by atoms with Crippen LogP contribution in [0.3, 0.4) is 0 Å². The predicted molar refractivity (Wildman–Crippen MR) is 74.5 cm³/mol. The van der Waals surface area contributed by atoms with Gasteiger partial charge in [-0.1, -0.05) is 6.07 Å². The van der Waals surface area contributed by atoms with Crippen LogP contribution >= 0.6 is 15.9 Å². The van der Waals surface area contributed by atoms with Gasteiger partial charge in [0.25, 0.3) is 0 Å². The van der Waals surface area contributed by atoms with E-state index in [-0.39, 0.29) is 0 Å². The number of anilines is 1. The molecule has 1 aromatic rings. The van der Waals surface area contributed by atoms with Crippen LogP contribution in [-0.4, -0.2) is 33.4 Å². The SMILES string of the molecule is CNCc1ccc(N2CCC(OC)C2)c(Br)c1. The maximum absolute atomic E-state index is 5.40. The highest BCUT2D eigenvalue weighted by Crippen LogP contribution is 2.30. The van der Waals surface area contributed by atoms with Crippen molar-refractivity contribution in [3.05, 3.63) is 28.2 Å². The minimum Gasteiger partial charge on any atom is -0.380 e. The molecular formula is C13H19BrN2O. The van der Waals surface area contributed by atoms with Crippen molar-refractivity contribution in [3.8, 4) is 0 Å². The predicted octanol–water partition coefficient (Wildman–Crippen LogP) is 2.39. The molecule has 1 N–H and O–H groups in total. The molecule has 0 bridgehead atoms. The maximum Gasteiger partial charge on any atom is 0.0762 e. The van der Waals surface area contributed by atoms with Crippen LogP contribution in [0.4, 0.5) is 5.69 Å². The lowest BCUT2D eigenvalue weighted by Crippen LogP contribution is -2.22. The molecule has 1 fully saturated rings. The normalized spacial score (nSPS) is 19.9. The Labute approximate surface area is 111 Å². The van der Waals surface area contributed by atoms with Gasteiger partial charge in [-0.2, -0.15) is 0 Å². The molecule has 94 valence electrons. The minimum atomic E-state index is 0.374. The summed E-state index contributed by atoms with van der Waals surface area (Å²) < 4.78 is 6.57. The summed E-state index contributed by atoms with van der Waals surface area (Å²) in [5.74, 6) is 0. The molecule has 3 nitrogen and oxygen atoms in total. The highest BCUT2D eigenvalue weighted by atomic mass is 79.9. The molecule has 0 aromatic heterocycles. The fraction of sp³-hybridized carbons (Fsp3) is 0.538. The monoisotopic (exact) mass is 298 g/mol. The van der Waals surface area contributed by atoms with E-state index in [4.69, 9.17) is 4.74 Å². The zero-order chi connectivity index (χ0) is 12.3. The second-order valence-electron chi connectivity index (χ2n) is 4.41. The lowest BCUT2D eigenvalue weighted by Gasteiger charge is -2.20. The summed E-state index contributed by atoms with van der Waals surface area (Å²) in [7, 11) is 3.75. The van der Waals surface area contributed by atoms with Gasteiger partial charge < -0.3 is 15.0 Å². The van der Waals surface area contributed by atoms with E-state index >= 15 is 0 Å². The van der Waals surface area contributed by atoms with Gasteiger partial charge in [0.05, 0.1) is 11.8 Å². The van der Waals surface area contributed by atoms with Gasteiger partial charge in [-0.15, -0.1) is 0 Å². The first-order valence-electron chi connectivity index (χ1n) is 5.95. The molecule has 2 rings (SSSR count). The van der Waals surface area contributed by atoms with E-state index in [1.807, 2.05) is 7.05 Å². The van der Waals surface area contributed by atoms with E-state index in [1.54, 1.807) is 7.11 Å². The quantitative estimate of drug-likeness (QED) is 0.924. The number of halogens is 1. The Morgan fingerprint density at radius 2 is 2.35 bits per heavy atom. The van der Waals surface area contributed by atoms with Crippen LogP contribution in [0.2, 0.25) is 0 Å². The standard InChI is InChI=1S/C13H19BrN2O/c1-15-8-10-3-4-13(12(14)7-10)16-6-5-11(9-16)17-2/h3-4,7,11,15H,5-6,8-9H2,1-2H3. The lowest BCUT2D eigenvalue weighted by atomic mass is 10.2. The van der Waals surface area contributed by atoms with Gasteiger partial charge in [-0.3, -0.25) is 0 Å². The second kappa shape index (κ2) is 5.85. The van der Waals surface area contributed by atoms with Gasteiger partial charge in [-0.25, -0.2) is 0 Å². The molecule has 1 aliphatic heterocycles. The van der Waals surface area contributed by atoms with E-state index in [2.05, 4.69) is 44.3 Å². The Hall–Kier alpha value is -0.580. The van der Waals surface area contributed by atoms with Crippen molar-refractivity contribution in [1.82, 2.24) is 5.32 Å². The largest absolute Gasteiger partial charge is 0.380 e. The number of hydrogen-bond donors (Lipinski definition) is 1. The van der Waals surface area contributed by atoms with Crippen molar-refractivity contribution in [2.75, 3.05) is 32.1 Å². The zero-order valence-electron chi connectivity index (χ0n) is 10.4. The van der Waals surface area contributed by atoms with E-state index in [9.17, 15) is 0 Å². The maximum atomic E-state index is 5.40. The molecule has 1 heterocycles. The molecule has 17 heavy (non-hydrogen) atoms. The van der Waals surface area contributed by atoms with Gasteiger partial charge in [0.15, 0.2) is 0 Å². The summed E-state index contributed by atoms with van der Waals surface area (Å²) in [4.78, 5) is 2.38. The lowest BCUT2D eigenvalue weighted by molar-refractivity contribution is 0.121. The van der Waals surface area contributed by atoms with E-state index in [1.165, 1.54) is 15.7 Å². The molecule has 0 saturated carbocycles. The molecule has 0 radical (unpaired) electrons. The smallest absolute Gasteiger partial charge is 0.0762 e. The molecular weight excluding hydrogens is 280 g/mol. The Morgan fingerprint density at radius 1 is 1.53 bits per heavy atom. The first-order valence-corrected chi connectivity index (χ1v) is 6.74. The van der Waals surface area contributed by atoms with Gasteiger partial charge in [0, 0.05) is 31.2 Å². The highest BCUT2D eigenvalue weighted by molar-refractivity contribution is 9.10. The molecule has 0 amide bonds. The first-order chi connectivity index (χ1) is 8.24. The topological polar surface area (TPSA) is 24.5 Å². The molecule has 1 saturated heterocycles. The summed E-state index contributed by atoms with van der Waals surface area (Å²) in [5.41, 5.74) is 2.56. The third-order valence-electron chi connectivity index (χ3n) is 3.21. The van der Waals surface area contributed by atoms with Gasteiger partial charge in [0.1, 0.15) is 0 Å². The molecule has 0 aliphatic carbocycles. The third kappa shape index (κ3) is 3.00. The number of ether oxygens (including phenoxy) is 1. The van der Waals surface area contributed by atoms with Gasteiger partial charge >= 0.3 is 0 Å². The Balaban J connectivity index is 2.11. The van der Waals surface area contributed by atoms with E-state index < -0.39 is 0 Å². The van der Waals surface area contributed by atoms with Crippen molar-refractivity contribution in [1.29, 1.82) is 0 Å². The van der Waals surface area contributed by atoms with E-state index in [0.717, 1.165) is 26.1 Å². The van der Waals surface area contributed by atoms with Crippen molar-refractivity contribution in [2.24, 2.45) is 0 Å². The Bertz CT molecular complexity index is 384. The van der Waals surface area contributed by atoms with Crippen LogP contribution in [-0.2, 0) is 11.3 Å². The number of nitrogens with one attached hydrogen (secondary N) is 1. The van der Waals surface area contributed by atoms with Crippen molar-refractivity contribution in [2.45, 2.75) is 19.1 Å². The number of hydrogen-bond acceptors (Lipinski definition) is 3. The summed E-state index contributed by atoms with van der Waals surface area (Å²) in [6, 6.07) is 6.55. The fourth-order valence-corrected chi connectivity index (χ4v) is 2.94. The Morgan fingerprint density at radius 3 is 2.94 bits per heavy atom. The number of benzene rings is 1. The van der Waals surface area contributed by atoms with Crippen LogP contribution < -0.4 is 10.2 Å². The van der Waals surface area contributed by atoms with Crippen LogP contribution in [0.1, 0.15) is 12.0 Å². The highest BCUT2D eigenvalue weighted by Gasteiger charge is 2.23. The van der Waals surface area contributed by atoms with Gasteiger partial charge in [-0.05, 0) is 47.1 Å². The minimum absolute atomic E-state index is 0.374. The van der Waals surface area contributed by atoms with Crippen LogP contribution in [0.5, 0.6) is 0 Å². The molecule has 1 aliphatic rings. The van der Waals surface area contributed by atoms with Crippen LogP contribution in [0, 0.1) is 0 Å². The number of nitrogens with zero attached hydrogens (tertiary/aromatic N) is 1. The van der Waals surface area contributed by atoms with Crippen molar-refractivity contribution in [3.63, 3.8) is 0 Å². The van der Waals surface area contributed by atoms with Crippen molar-refractivity contribution >= 4 is 21.6 Å². The zero-order valence-corrected chi connectivity index (χ0v) is 12.0. The Kier molecular flexibility index (Phi) is 4.42. The summed E-state index contributed by atoms with van der Waals surface area (Å²) >= 11 is 3.66. The molecule has 0 spiro atoms. The summed E-state index contributed by atoms with van der Waals surface area (Å²) in [6.45, 7) is 2.96. The summed E-state index contributed by atoms with van der Waals surface area (Å²) in [6.07, 6.45) is 1.49. The molecule has 1 aromatic carbocycles. The molecule has 1 unspecified atom stereocenters. The van der Waals surface area contributed by atoms with Crippen LogP contribution in [0.15, 0.2) is 22.7 Å². The average molecular weight is 299 g/mol. The second-order valence-corrected chi connectivity index (χ2v) is 5.26. The molecule has 1 atom stereocenters. The molecule has 4 heteroatoms. The van der Waals surface area contributed by atoms with Gasteiger partial charge in [0.2, 0.25) is 0 Å². The number of methoxy groups -OCH3 is 1. The van der Waals surface area contributed by atoms with E-state index in [0.29, 0.717) is 6.10 Å². The third-order valence-corrected chi connectivity index (χ3v) is 3.85. The first kappa shape index (κ1) is 12.9. The average Bonchev–Trinajstić information content (AvgIpc) is 2.78. The number of rotatable bonds is 4. The van der Waals surface area contributed by atoms with Crippen LogP contribution in [0.25, 0.3) is 0 Å². The van der Waals surface area contributed by atoms with Crippen molar-refractivity contribution < 1.29 is 4.74 Å².